The molecule has 0 aliphatic heterocycles. The summed E-state index contributed by atoms with van der Waals surface area (Å²) in [6, 6.07) is 0.226. The summed E-state index contributed by atoms with van der Waals surface area (Å²) < 4.78 is 13.4. The molecule has 0 fully saturated rings. The molecule has 0 radical (unpaired) electrons. The van der Waals surface area contributed by atoms with E-state index in [9.17, 15) is 9.18 Å². The minimum atomic E-state index is -1.03. The monoisotopic (exact) mass is 260 g/mol. The van der Waals surface area contributed by atoms with Crippen molar-refractivity contribution in [3.8, 4) is 0 Å². The van der Waals surface area contributed by atoms with Crippen molar-refractivity contribution >= 4 is 23.4 Å². The highest BCUT2D eigenvalue weighted by atomic mass is 35.5. The third-order valence-corrected chi connectivity index (χ3v) is 2.33. The van der Waals surface area contributed by atoms with Gasteiger partial charge in [0.05, 0.1) is 5.02 Å². The largest absolute Gasteiger partial charge is 0.480 e. The normalized spacial score (nSPS) is 12.5. The predicted molar refractivity (Wildman–Crippen MR) is 63.7 cm³/mol. The van der Waals surface area contributed by atoms with Crippen molar-refractivity contribution < 1.29 is 14.3 Å². The van der Waals surface area contributed by atoms with Crippen molar-refractivity contribution in [3.63, 3.8) is 0 Å². The van der Waals surface area contributed by atoms with E-state index in [2.05, 4.69) is 10.3 Å². The van der Waals surface area contributed by atoms with Crippen LogP contribution in [0.1, 0.15) is 20.3 Å². The van der Waals surface area contributed by atoms with Crippen LogP contribution in [0.25, 0.3) is 0 Å². The van der Waals surface area contributed by atoms with Crippen LogP contribution < -0.4 is 5.32 Å². The van der Waals surface area contributed by atoms with E-state index in [1.807, 2.05) is 13.8 Å². The molecule has 2 N–H and O–H groups in total. The van der Waals surface area contributed by atoms with E-state index in [1.54, 1.807) is 0 Å². The standard InChI is InChI=1S/C11H14ClFN2O2/c1-6(2)3-9(11(16)17)15-10-8(13)4-7(12)5-14-10/h4-6,9H,3H2,1-2H3,(H,14,15)(H,16,17)/t9-/m0/s1. The number of hydrogen-bond donors (Lipinski definition) is 2. The second-order valence-corrected chi connectivity index (χ2v) is 4.59. The maximum atomic E-state index is 13.4. The smallest absolute Gasteiger partial charge is 0.326 e. The summed E-state index contributed by atoms with van der Waals surface area (Å²) in [6.45, 7) is 3.78. The molecule has 0 saturated heterocycles. The zero-order chi connectivity index (χ0) is 13.0. The third-order valence-electron chi connectivity index (χ3n) is 2.12. The number of aromatic nitrogens is 1. The quantitative estimate of drug-likeness (QED) is 0.855. The van der Waals surface area contributed by atoms with Crippen LogP contribution in [0, 0.1) is 11.7 Å². The Morgan fingerprint density at radius 1 is 1.65 bits per heavy atom. The van der Waals surface area contributed by atoms with Gasteiger partial charge in [-0.1, -0.05) is 25.4 Å². The van der Waals surface area contributed by atoms with Crippen LogP contribution in [0.5, 0.6) is 0 Å². The lowest BCUT2D eigenvalue weighted by Gasteiger charge is -2.17. The number of carboxylic acid groups (broad SMARTS) is 1. The lowest BCUT2D eigenvalue weighted by molar-refractivity contribution is -0.138. The van der Waals surface area contributed by atoms with Gasteiger partial charge in [-0.25, -0.2) is 14.2 Å². The topological polar surface area (TPSA) is 62.2 Å². The zero-order valence-electron chi connectivity index (χ0n) is 9.58. The second kappa shape index (κ2) is 5.82. The highest BCUT2D eigenvalue weighted by Crippen LogP contribution is 2.18. The average Bonchev–Trinajstić information content (AvgIpc) is 2.19. The van der Waals surface area contributed by atoms with Crippen molar-refractivity contribution in [3.05, 3.63) is 23.1 Å². The number of aliphatic carboxylic acids is 1. The Hall–Kier alpha value is -1.36. The Balaban J connectivity index is 2.82. The van der Waals surface area contributed by atoms with Crippen LogP contribution in [0.2, 0.25) is 5.02 Å². The lowest BCUT2D eigenvalue weighted by atomic mass is 10.0. The molecule has 0 spiro atoms. The summed E-state index contributed by atoms with van der Waals surface area (Å²) >= 11 is 5.55. The van der Waals surface area contributed by atoms with E-state index in [0.29, 0.717) is 6.42 Å². The van der Waals surface area contributed by atoms with Gasteiger partial charge in [-0.2, -0.15) is 0 Å². The fourth-order valence-electron chi connectivity index (χ4n) is 1.38. The molecular weight excluding hydrogens is 247 g/mol. The van der Waals surface area contributed by atoms with Crippen LogP contribution in [-0.4, -0.2) is 22.1 Å². The van der Waals surface area contributed by atoms with Crippen LogP contribution in [-0.2, 0) is 4.79 Å². The van der Waals surface area contributed by atoms with E-state index in [1.165, 1.54) is 6.20 Å². The van der Waals surface area contributed by atoms with Gasteiger partial charge in [-0.15, -0.1) is 0 Å². The number of nitrogens with zero attached hydrogens (tertiary/aromatic N) is 1. The second-order valence-electron chi connectivity index (χ2n) is 4.15. The van der Waals surface area contributed by atoms with Gasteiger partial charge in [0, 0.05) is 6.20 Å². The van der Waals surface area contributed by atoms with E-state index >= 15 is 0 Å². The number of pyridine rings is 1. The molecule has 4 nitrogen and oxygen atoms in total. The average molecular weight is 261 g/mol. The van der Waals surface area contributed by atoms with Gasteiger partial charge >= 0.3 is 5.97 Å². The Bertz CT molecular complexity index is 412. The van der Waals surface area contributed by atoms with Gasteiger partial charge in [0.1, 0.15) is 6.04 Å². The first kappa shape index (κ1) is 13.7. The van der Waals surface area contributed by atoms with Gasteiger partial charge in [-0.05, 0) is 18.4 Å². The summed E-state index contributed by atoms with van der Waals surface area (Å²) in [5.41, 5.74) is 0. The van der Waals surface area contributed by atoms with E-state index < -0.39 is 17.8 Å². The molecule has 0 aliphatic rings. The molecule has 0 bridgehead atoms. The number of carbonyl (C=O) groups is 1. The number of hydrogen-bond acceptors (Lipinski definition) is 3. The summed E-state index contributed by atoms with van der Waals surface area (Å²) in [4.78, 5) is 14.7. The first-order valence-corrected chi connectivity index (χ1v) is 5.58. The highest BCUT2D eigenvalue weighted by molar-refractivity contribution is 6.30. The summed E-state index contributed by atoms with van der Waals surface area (Å²) in [7, 11) is 0. The maximum Gasteiger partial charge on any atom is 0.326 e. The highest BCUT2D eigenvalue weighted by Gasteiger charge is 2.20. The summed E-state index contributed by atoms with van der Waals surface area (Å²) in [6.07, 6.45) is 1.65. The van der Waals surface area contributed by atoms with Crippen LogP contribution in [0.4, 0.5) is 10.2 Å². The first-order chi connectivity index (χ1) is 7.90. The van der Waals surface area contributed by atoms with Gasteiger partial charge in [0.15, 0.2) is 11.6 Å². The van der Waals surface area contributed by atoms with Gasteiger partial charge in [-0.3, -0.25) is 0 Å². The van der Waals surface area contributed by atoms with Crippen molar-refractivity contribution in [1.82, 2.24) is 4.98 Å². The van der Waals surface area contributed by atoms with Crippen molar-refractivity contribution in [2.45, 2.75) is 26.3 Å². The number of carboxylic acids is 1. The molecule has 0 amide bonds. The molecule has 1 atom stereocenters. The lowest BCUT2D eigenvalue weighted by Crippen LogP contribution is -2.31. The zero-order valence-corrected chi connectivity index (χ0v) is 10.3. The van der Waals surface area contributed by atoms with Gasteiger partial charge in [0.25, 0.3) is 0 Å². The van der Waals surface area contributed by atoms with E-state index in [0.717, 1.165) is 6.07 Å². The molecule has 0 unspecified atom stereocenters. The molecule has 6 heteroatoms. The molecule has 1 heterocycles. The Morgan fingerprint density at radius 3 is 2.76 bits per heavy atom. The van der Waals surface area contributed by atoms with Crippen molar-refractivity contribution in [2.75, 3.05) is 5.32 Å². The first-order valence-electron chi connectivity index (χ1n) is 5.20. The number of rotatable bonds is 5. The molecule has 17 heavy (non-hydrogen) atoms. The Kier molecular flexibility index (Phi) is 4.69. The predicted octanol–water partition coefficient (Wildman–Crippen LogP) is 2.79. The Labute approximate surface area is 104 Å². The molecule has 0 aromatic carbocycles. The van der Waals surface area contributed by atoms with Crippen LogP contribution in [0.3, 0.4) is 0 Å². The molecule has 1 aromatic heterocycles. The molecule has 1 rings (SSSR count). The van der Waals surface area contributed by atoms with Gasteiger partial charge in [0.2, 0.25) is 0 Å². The van der Waals surface area contributed by atoms with Crippen molar-refractivity contribution in [1.29, 1.82) is 0 Å². The fraction of sp³-hybridized carbons (Fsp3) is 0.455. The molecule has 94 valence electrons. The fourth-order valence-corrected chi connectivity index (χ4v) is 1.52. The minimum absolute atomic E-state index is 0.0950. The van der Waals surface area contributed by atoms with E-state index in [4.69, 9.17) is 16.7 Å². The van der Waals surface area contributed by atoms with Crippen LogP contribution in [0.15, 0.2) is 12.3 Å². The summed E-state index contributed by atoms with van der Waals surface area (Å²) in [5, 5.41) is 11.7. The van der Waals surface area contributed by atoms with Crippen molar-refractivity contribution in [2.24, 2.45) is 5.92 Å². The summed E-state index contributed by atoms with van der Waals surface area (Å²) in [5.74, 6) is -1.61. The third kappa shape index (κ3) is 4.19. The molecule has 0 saturated carbocycles. The van der Waals surface area contributed by atoms with E-state index in [-0.39, 0.29) is 16.8 Å². The Morgan fingerprint density at radius 2 is 2.29 bits per heavy atom. The number of nitrogens with one attached hydrogen (secondary N) is 1. The van der Waals surface area contributed by atoms with Gasteiger partial charge < -0.3 is 10.4 Å². The SMILES string of the molecule is CC(C)C[C@H](Nc1ncc(Cl)cc1F)C(=O)O. The number of halogens is 2. The molecular formula is C11H14ClFN2O2. The number of anilines is 1. The minimum Gasteiger partial charge on any atom is -0.480 e. The molecule has 0 aliphatic carbocycles. The molecule has 1 aromatic rings. The van der Waals surface area contributed by atoms with Crippen LogP contribution >= 0.6 is 11.6 Å². The maximum absolute atomic E-state index is 13.4.